The molecule has 7 nitrogen and oxygen atoms in total. The molecule has 1 heterocycles. The molecule has 9 heteroatoms. The van der Waals surface area contributed by atoms with Crippen LogP contribution in [0, 0.1) is 5.82 Å². The van der Waals surface area contributed by atoms with Gasteiger partial charge in [0.15, 0.2) is 0 Å². The van der Waals surface area contributed by atoms with Gasteiger partial charge in [-0.1, -0.05) is 48.5 Å². The molecule has 0 N–H and O–H groups in total. The third-order valence-electron chi connectivity index (χ3n) is 5.96. The average Bonchev–Trinajstić information content (AvgIpc) is 3.32. The van der Waals surface area contributed by atoms with Crippen molar-refractivity contribution < 1.29 is 22.3 Å². The third kappa shape index (κ3) is 6.36. The van der Waals surface area contributed by atoms with E-state index in [2.05, 4.69) is 11.6 Å². The zero-order chi connectivity index (χ0) is 27.1. The second kappa shape index (κ2) is 11.9. The molecule has 0 atom stereocenters. The largest absolute Gasteiger partial charge is 0.497 e. The number of nitrogens with zero attached hydrogens (tertiary/aromatic N) is 3. The van der Waals surface area contributed by atoms with Gasteiger partial charge in [-0.05, 0) is 47.5 Å². The predicted molar refractivity (Wildman–Crippen MR) is 143 cm³/mol. The summed E-state index contributed by atoms with van der Waals surface area (Å²) in [5.41, 5.74) is 2.34. The molecular weight excluding hydrogens is 505 g/mol. The van der Waals surface area contributed by atoms with Crippen LogP contribution in [-0.2, 0) is 28.7 Å². The molecule has 0 saturated heterocycles. The van der Waals surface area contributed by atoms with Crippen molar-refractivity contribution in [1.29, 1.82) is 0 Å². The number of benzene rings is 3. The summed E-state index contributed by atoms with van der Waals surface area (Å²) in [7, 11) is -2.34. The first-order valence-corrected chi connectivity index (χ1v) is 13.6. The lowest BCUT2D eigenvalue weighted by Gasteiger charge is -2.22. The smallest absolute Gasteiger partial charge is 0.254 e. The van der Waals surface area contributed by atoms with E-state index in [4.69, 9.17) is 4.74 Å². The Morgan fingerprint density at radius 2 is 1.71 bits per heavy atom. The molecule has 1 aromatic heterocycles. The molecule has 196 valence electrons. The fourth-order valence-electron chi connectivity index (χ4n) is 4.05. The van der Waals surface area contributed by atoms with E-state index in [0.29, 0.717) is 22.6 Å². The van der Waals surface area contributed by atoms with Crippen LogP contribution in [-0.4, -0.2) is 42.4 Å². The normalized spacial score (nSPS) is 11.2. The molecule has 0 radical (unpaired) electrons. The van der Waals surface area contributed by atoms with Crippen molar-refractivity contribution in [2.75, 3.05) is 13.7 Å². The molecule has 0 unspecified atom stereocenters. The van der Waals surface area contributed by atoms with Gasteiger partial charge in [-0.25, -0.2) is 17.8 Å². The molecule has 0 bridgehead atoms. The highest BCUT2D eigenvalue weighted by atomic mass is 32.2. The Hall–Kier alpha value is -4.24. The standard InChI is InChI=1S/C29H28FN3O4S/c1-3-17-32(28(34)24-11-15-27(37-2)16-12-24)20-26-18-31-29(33(26)19-22-7-5-4-6-8-22)38(35,36)21-23-9-13-25(30)14-10-23/h3-16,18H,1,17,19-21H2,2H3. The van der Waals surface area contributed by atoms with Gasteiger partial charge in [-0.15, -0.1) is 6.58 Å². The van der Waals surface area contributed by atoms with Crippen LogP contribution in [0.2, 0.25) is 0 Å². The topological polar surface area (TPSA) is 81.5 Å². The molecule has 0 saturated carbocycles. The van der Waals surface area contributed by atoms with E-state index >= 15 is 0 Å². The van der Waals surface area contributed by atoms with Gasteiger partial charge in [-0.3, -0.25) is 4.79 Å². The minimum absolute atomic E-state index is 0.114. The Morgan fingerprint density at radius 3 is 2.34 bits per heavy atom. The monoisotopic (exact) mass is 533 g/mol. The van der Waals surface area contributed by atoms with E-state index in [1.165, 1.54) is 30.5 Å². The van der Waals surface area contributed by atoms with Gasteiger partial charge in [0.25, 0.3) is 5.91 Å². The molecule has 0 aliphatic carbocycles. The van der Waals surface area contributed by atoms with Crippen LogP contribution in [0.15, 0.2) is 103 Å². The van der Waals surface area contributed by atoms with Crippen LogP contribution in [0.5, 0.6) is 5.75 Å². The number of amides is 1. The maximum absolute atomic E-state index is 13.5. The van der Waals surface area contributed by atoms with Gasteiger partial charge in [0.05, 0.1) is 37.8 Å². The highest BCUT2D eigenvalue weighted by Crippen LogP contribution is 2.22. The predicted octanol–water partition coefficient (Wildman–Crippen LogP) is 4.88. The summed E-state index contributed by atoms with van der Waals surface area (Å²) in [5.74, 6) is -0.382. The zero-order valence-electron chi connectivity index (χ0n) is 21.0. The second-order valence-corrected chi connectivity index (χ2v) is 10.6. The Morgan fingerprint density at radius 1 is 1.03 bits per heavy atom. The van der Waals surface area contributed by atoms with Crippen LogP contribution in [0.1, 0.15) is 27.2 Å². The lowest BCUT2D eigenvalue weighted by Crippen LogP contribution is -2.32. The summed E-state index contributed by atoms with van der Waals surface area (Å²) in [6.07, 6.45) is 3.10. The summed E-state index contributed by atoms with van der Waals surface area (Å²) in [6.45, 7) is 4.38. The molecule has 0 aliphatic rings. The van der Waals surface area contributed by atoms with Crippen molar-refractivity contribution in [3.8, 4) is 5.75 Å². The zero-order valence-corrected chi connectivity index (χ0v) is 21.8. The maximum atomic E-state index is 13.5. The quantitative estimate of drug-likeness (QED) is 0.257. The van der Waals surface area contributed by atoms with Gasteiger partial charge in [0.1, 0.15) is 11.6 Å². The number of aromatic nitrogens is 2. The number of ether oxygens (including phenoxy) is 1. The van der Waals surface area contributed by atoms with Crippen LogP contribution >= 0.6 is 0 Å². The lowest BCUT2D eigenvalue weighted by atomic mass is 10.2. The van der Waals surface area contributed by atoms with Crippen LogP contribution < -0.4 is 4.74 Å². The van der Waals surface area contributed by atoms with Gasteiger partial charge >= 0.3 is 0 Å². The van der Waals surface area contributed by atoms with E-state index in [1.54, 1.807) is 46.9 Å². The number of hydrogen-bond acceptors (Lipinski definition) is 5. The van der Waals surface area contributed by atoms with Crippen molar-refractivity contribution in [2.45, 2.75) is 24.0 Å². The van der Waals surface area contributed by atoms with Crippen molar-refractivity contribution in [1.82, 2.24) is 14.5 Å². The summed E-state index contributed by atoms with van der Waals surface area (Å²) >= 11 is 0. The maximum Gasteiger partial charge on any atom is 0.254 e. The molecule has 3 aromatic carbocycles. The minimum atomic E-state index is -3.89. The molecule has 38 heavy (non-hydrogen) atoms. The Labute approximate surface area is 221 Å². The van der Waals surface area contributed by atoms with Crippen molar-refractivity contribution >= 4 is 15.7 Å². The SMILES string of the molecule is C=CCN(Cc1cnc(S(=O)(=O)Cc2ccc(F)cc2)n1Cc1ccccc1)C(=O)c1ccc(OC)cc1. The van der Waals surface area contributed by atoms with Gasteiger partial charge in [-0.2, -0.15) is 0 Å². The highest BCUT2D eigenvalue weighted by molar-refractivity contribution is 7.90. The van der Waals surface area contributed by atoms with Crippen LogP contribution in [0.4, 0.5) is 4.39 Å². The Bertz CT molecular complexity index is 1500. The molecule has 1 amide bonds. The molecule has 4 rings (SSSR count). The van der Waals surface area contributed by atoms with E-state index in [1.807, 2.05) is 30.3 Å². The minimum Gasteiger partial charge on any atom is -0.497 e. The summed E-state index contributed by atoms with van der Waals surface area (Å²) in [4.78, 5) is 19.2. The van der Waals surface area contributed by atoms with E-state index in [-0.39, 0.29) is 36.5 Å². The number of hydrogen-bond donors (Lipinski definition) is 0. The van der Waals surface area contributed by atoms with E-state index in [0.717, 1.165) is 5.56 Å². The van der Waals surface area contributed by atoms with Crippen molar-refractivity contribution in [3.63, 3.8) is 0 Å². The highest BCUT2D eigenvalue weighted by Gasteiger charge is 2.26. The number of rotatable bonds is 11. The number of imidazole rings is 1. The fraction of sp³-hybridized carbons (Fsp3) is 0.172. The summed E-state index contributed by atoms with van der Waals surface area (Å²) < 4.78 is 47.1. The van der Waals surface area contributed by atoms with Crippen molar-refractivity contribution in [3.05, 3.63) is 126 Å². The molecule has 0 spiro atoms. The van der Waals surface area contributed by atoms with Gasteiger partial charge < -0.3 is 14.2 Å². The number of methoxy groups -OCH3 is 1. The first-order chi connectivity index (χ1) is 18.3. The van der Waals surface area contributed by atoms with Crippen LogP contribution in [0.25, 0.3) is 0 Å². The second-order valence-electron chi connectivity index (χ2n) is 8.69. The fourth-order valence-corrected chi connectivity index (χ4v) is 5.54. The number of sulfone groups is 1. The van der Waals surface area contributed by atoms with Gasteiger partial charge in [0, 0.05) is 12.1 Å². The molecule has 0 fully saturated rings. The molecule has 4 aromatic rings. The molecule has 0 aliphatic heterocycles. The third-order valence-corrected chi connectivity index (χ3v) is 7.56. The van der Waals surface area contributed by atoms with E-state index in [9.17, 15) is 17.6 Å². The van der Waals surface area contributed by atoms with Crippen LogP contribution in [0.3, 0.4) is 0 Å². The number of carbonyl (C=O) groups is 1. The Balaban J connectivity index is 1.69. The first kappa shape index (κ1) is 26.8. The average molecular weight is 534 g/mol. The number of carbonyl (C=O) groups excluding carboxylic acids is 1. The number of halogens is 1. The lowest BCUT2D eigenvalue weighted by molar-refractivity contribution is 0.0759. The van der Waals surface area contributed by atoms with Crippen molar-refractivity contribution in [2.24, 2.45) is 0 Å². The Kier molecular flexibility index (Phi) is 8.38. The van der Waals surface area contributed by atoms with Gasteiger partial charge in [0.2, 0.25) is 15.0 Å². The molecular formula is C29H28FN3O4S. The first-order valence-electron chi connectivity index (χ1n) is 11.9. The summed E-state index contributed by atoms with van der Waals surface area (Å²) in [5, 5.41) is -0.115. The van der Waals surface area contributed by atoms with E-state index < -0.39 is 15.7 Å². The summed E-state index contributed by atoms with van der Waals surface area (Å²) in [6, 6.07) is 21.5.